The molecule has 0 radical (unpaired) electrons. The van der Waals surface area contributed by atoms with Crippen LogP contribution in [0.15, 0.2) is 36.5 Å². The van der Waals surface area contributed by atoms with Gasteiger partial charge in [0, 0.05) is 30.1 Å². The summed E-state index contributed by atoms with van der Waals surface area (Å²) in [7, 11) is 1.69. The van der Waals surface area contributed by atoms with Crippen molar-refractivity contribution in [2.45, 2.75) is 32.0 Å². The lowest BCUT2D eigenvalue weighted by molar-refractivity contribution is -0.181. The summed E-state index contributed by atoms with van der Waals surface area (Å²) >= 11 is 6.06. The van der Waals surface area contributed by atoms with E-state index in [0.717, 1.165) is 13.8 Å². The first-order chi connectivity index (χ1) is 13.0. The molecule has 9 heteroatoms. The number of hydrogen-bond acceptors (Lipinski definition) is 3. The Morgan fingerprint density at radius 2 is 1.93 bits per heavy atom. The fourth-order valence-corrected chi connectivity index (χ4v) is 2.78. The molecule has 3 rings (SSSR count). The number of benzene rings is 1. The van der Waals surface area contributed by atoms with Gasteiger partial charge in [0.25, 0.3) is 5.91 Å². The number of nitrogens with zero attached hydrogens (tertiary/aromatic N) is 3. The number of amides is 1. The van der Waals surface area contributed by atoms with Crippen LogP contribution in [0, 0.1) is 0 Å². The fraction of sp³-hybridized carbons (Fsp3) is 0.316. The Morgan fingerprint density at radius 1 is 1.21 bits per heavy atom. The van der Waals surface area contributed by atoms with E-state index in [2.05, 4.69) is 15.4 Å². The number of carbonyl (C=O) groups excluding carboxylic acids is 1. The van der Waals surface area contributed by atoms with Crippen molar-refractivity contribution in [2.75, 3.05) is 0 Å². The third-order valence-corrected chi connectivity index (χ3v) is 5.16. The van der Waals surface area contributed by atoms with Gasteiger partial charge >= 0.3 is 6.18 Å². The molecule has 1 aromatic carbocycles. The van der Waals surface area contributed by atoms with Crippen molar-refractivity contribution < 1.29 is 18.0 Å². The molecular weight excluding hydrogens is 393 g/mol. The van der Waals surface area contributed by atoms with Gasteiger partial charge in [0.1, 0.15) is 10.6 Å². The molecule has 0 aliphatic heterocycles. The second-order valence-electron chi connectivity index (χ2n) is 6.99. The number of rotatable bonds is 4. The highest BCUT2D eigenvalue weighted by atomic mass is 35.5. The predicted molar refractivity (Wildman–Crippen MR) is 100 cm³/mol. The largest absolute Gasteiger partial charge is 0.399 e. The molecule has 0 bridgehead atoms. The van der Waals surface area contributed by atoms with Gasteiger partial charge in [-0.2, -0.15) is 18.3 Å². The maximum atomic E-state index is 13.2. The zero-order valence-electron chi connectivity index (χ0n) is 15.4. The summed E-state index contributed by atoms with van der Waals surface area (Å²) < 4.78 is 41.2. The molecule has 5 nitrogen and oxygen atoms in total. The van der Waals surface area contributed by atoms with Crippen molar-refractivity contribution in [1.29, 1.82) is 0 Å². The molecule has 0 aliphatic rings. The molecule has 1 amide bonds. The minimum absolute atomic E-state index is 0.0732. The third kappa shape index (κ3) is 3.69. The molecular formula is C19H18ClF3N4O. The lowest BCUT2D eigenvalue weighted by Crippen LogP contribution is -2.37. The summed E-state index contributed by atoms with van der Waals surface area (Å²) in [6.07, 6.45) is -2.85. The third-order valence-electron chi connectivity index (χ3n) is 4.68. The highest BCUT2D eigenvalue weighted by Gasteiger charge is 2.49. The average molecular weight is 411 g/mol. The van der Waals surface area contributed by atoms with Gasteiger partial charge in [-0.15, -0.1) is 0 Å². The maximum absolute atomic E-state index is 13.2. The number of fused-ring (bicyclic) bond motifs is 1. The van der Waals surface area contributed by atoms with Crippen molar-refractivity contribution >= 4 is 28.4 Å². The highest BCUT2D eigenvalue weighted by molar-refractivity contribution is 6.30. The number of nitrogens with one attached hydrogen (secondary N) is 1. The average Bonchev–Trinajstić information content (AvgIpc) is 2.96. The van der Waals surface area contributed by atoms with Crippen LogP contribution in [0.2, 0.25) is 5.15 Å². The topological polar surface area (TPSA) is 59.8 Å². The van der Waals surface area contributed by atoms with Gasteiger partial charge in [0.2, 0.25) is 0 Å². The monoisotopic (exact) mass is 410 g/mol. The molecule has 0 saturated heterocycles. The molecule has 0 unspecified atom stereocenters. The fourth-order valence-electron chi connectivity index (χ4n) is 2.62. The van der Waals surface area contributed by atoms with Crippen molar-refractivity contribution in [3.05, 3.63) is 58.5 Å². The van der Waals surface area contributed by atoms with Gasteiger partial charge in [-0.25, -0.2) is 0 Å². The van der Waals surface area contributed by atoms with E-state index in [1.165, 1.54) is 22.9 Å². The molecule has 28 heavy (non-hydrogen) atoms. The van der Waals surface area contributed by atoms with Crippen molar-refractivity contribution in [3.63, 3.8) is 0 Å². The Kier molecular flexibility index (Phi) is 5.10. The Labute approximate surface area is 164 Å². The van der Waals surface area contributed by atoms with E-state index >= 15 is 0 Å². The van der Waals surface area contributed by atoms with Crippen molar-refractivity contribution in [1.82, 2.24) is 20.1 Å². The number of alkyl halides is 3. The van der Waals surface area contributed by atoms with E-state index in [1.54, 1.807) is 25.4 Å². The van der Waals surface area contributed by atoms with Crippen LogP contribution >= 0.6 is 11.6 Å². The Hall–Kier alpha value is -2.61. The van der Waals surface area contributed by atoms with E-state index in [-0.39, 0.29) is 18.1 Å². The van der Waals surface area contributed by atoms with Crippen LogP contribution < -0.4 is 5.32 Å². The molecule has 0 saturated carbocycles. The maximum Gasteiger partial charge on any atom is 0.399 e. The molecule has 3 aromatic rings. The Bertz CT molecular complexity index is 1040. The van der Waals surface area contributed by atoms with Gasteiger partial charge in [0.05, 0.1) is 17.4 Å². The van der Waals surface area contributed by atoms with Crippen LogP contribution in [0.4, 0.5) is 13.2 Å². The summed E-state index contributed by atoms with van der Waals surface area (Å²) in [5, 5.41) is 7.75. The molecule has 1 N–H and O–H groups in total. The van der Waals surface area contributed by atoms with E-state index in [0.29, 0.717) is 27.2 Å². The lowest BCUT2D eigenvalue weighted by atomic mass is 9.87. The first-order valence-electron chi connectivity index (χ1n) is 8.43. The Balaban J connectivity index is 1.81. The van der Waals surface area contributed by atoms with Crippen LogP contribution in [0.3, 0.4) is 0 Å². The van der Waals surface area contributed by atoms with Gasteiger partial charge in [-0.1, -0.05) is 17.7 Å². The SMILES string of the molecule is Cn1ncc(CNC(=O)c2ccc3nc(C(C)(C)C(F)(F)F)ccc3c2)c1Cl. The Morgan fingerprint density at radius 3 is 2.54 bits per heavy atom. The predicted octanol–water partition coefficient (Wildman–Crippen LogP) is 4.39. The van der Waals surface area contributed by atoms with Crippen LogP contribution in [0.25, 0.3) is 10.9 Å². The summed E-state index contributed by atoms with van der Waals surface area (Å²) in [5.41, 5.74) is -0.700. The first-order valence-corrected chi connectivity index (χ1v) is 8.81. The second-order valence-corrected chi connectivity index (χ2v) is 7.35. The van der Waals surface area contributed by atoms with Gasteiger partial charge in [-0.3, -0.25) is 14.5 Å². The molecule has 0 aliphatic carbocycles. The second kappa shape index (κ2) is 7.09. The molecule has 2 aromatic heterocycles. The zero-order valence-corrected chi connectivity index (χ0v) is 16.2. The zero-order chi connectivity index (χ0) is 20.7. The quantitative estimate of drug-likeness (QED) is 0.693. The molecule has 0 spiro atoms. The van der Waals surface area contributed by atoms with Crippen LogP contribution in [0.5, 0.6) is 0 Å². The number of hydrogen-bond donors (Lipinski definition) is 1. The molecule has 0 fully saturated rings. The van der Waals surface area contributed by atoms with E-state index in [4.69, 9.17) is 11.6 Å². The summed E-state index contributed by atoms with van der Waals surface area (Å²) in [6, 6.07) is 7.54. The minimum Gasteiger partial charge on any atom is -0.348 e. The minimum atomic E-state index is -4.42. The lowest BCUT2D eigenvalue weighted by Gasteiger charge is -2.27. The summed E-state index contributed by atoms with van der Waals surface area (Å²) in [5.74, 6) is -0.332. The molecule has 2 heterocycles. The van der Waals surface area contributed by atoms with Crippen LogP contribution in [-0.2, 0) is 19.0 Å². The van der Waals surface area contributed by atoms with Gasteiger partial charge in [-0.05, 0) is 38.1 Å². The first kappa shape index (κ1) is 20.1. The number of aryl methyl sites for hydroxylation is 1. The number of halogens is 4. The normalized spacial score (nSPS) is 12.4. The molecule has 148 valence electrons. The smallest absolute Gasteiger partial charge is 0.348 e. The number of aromatic nitrogens is 3. The standard InChI is InChI=1S/C19H18ClF3N4O/c1-18(2,19(21,22)23)15-7-5-11-8-12(4-6-14(11)26-15)17(28)24-9-13-10-25-27(3)16(13)20/h4-8,10H,9H2,1-3H3,(H,24,28). The highest BCUT2D eigenvalue weighted by Crippen LogP contribution is 2.39. The van der Waals surface area contributed by atoms with Crippen LogP contribution in [-0.4, -0.2) is 26.8 Å². The van der Waals surface area contributed by atoms with Gasteiger partial charge in [0.15, 0.2) is 0 Å². The molecule has 0 atom stereocenters. The van der Waals surface area contributed by atoms with E-state index < -0.39 is 11.6 Å². The van der Waals surface area contributed by atoms with Gasteiger partial charge < -0.3 is 5.32 Å². The van der Waals surface area contributed by atoms with Crippen molar-refractivity contribution in [2.24, 2.45) is 7.05 Å². The number of carbonyl (C=O) groups is 1. The van der Waals surface area contributed by atoms with Crippen molar-refractivity contribution in [3.8, 4) is 0 Å². The summed E-state index contributed by atoms with van der Waals surface area (Å²) in [4.78, 5) is 16.5. The summed E-state index contributed by atoms with van der Waals surface area (Å²) in [6.45, 7) is 2.39. The van der Waals surface area contributed by atoms with E-state index in [9.17, 15) is 18.0 Å². The van der Waals surface area contributed by atoms with E-state index in [1.807, 2.05) is 0 Å². The number of pyridine rings is 1. The van der Waals surface area contributed by atoms with Crippen LogP contribution in [0.1, 0.15) is 35.5 Å².